The Balaban J connectivity index is 4.38. The first-order valence-corrected chi connectivity index (χ1v) is 6.10. The van der Waals surface area contributed by atoms with E-state index < -0.39 is 0 Å². The van der Waals surface area contributed by atoms with Crippen molar-refractivity contribution in [1.82, 2.24) is 15.1 Å². The lowest BCUT2D eigenvalue weighted by Gasteiger charge is -2.36. The molecule has 0 aromatic carbocycles. The van der Waals surface area contributed by atoms with Crippen molar-refractivity contribution in [2.75, 3.05) is 54.5 Å². The van der Waals surface area contributed by atoms with Crippen LogP contribution in [0.25, 0.3) is 0 Å². The lowest BCUT2D eigenvalue weighted by atomic mass is 10.1. The Morgan fingerprint density at radius 3 is 2.31 bits per heavy atom. The SMILES string of the molecule is CCN(C(C)CN(C)C)C(CNC)COC. The van der Waals surface area contributed by atoms with Crippen LogP contribution in [0.15, 0.2) is 0 Å². The van der Waals surface area contributed by atoms with E-state index >= 15 is 0 Å². The van der Waals surface area contributed by atoms with Gasteiger partial charge in [0.05, 0.1) is 6.61 Å². The Morgan fingerprint density at radius 1 is 1.31 bits per heavy atom. The third-order valence-corrected chi connectivity index (χ3v) is 2.83. The van der Waals surface area contributed by atoms with Crippen molar-refractivity contribution in [1.29, 1.82) is 0 Å². The molecule has 2 atom stereocenters. The summed E-state index contributed by atoms with van der Waals surface area (Å²) in [5.41, 5.74) is 0. The smallest absolute Gasteiger partial charge is 0.0630 e. The summed E-state index contributed by atoms with van der Waals surface area (Å²) in [5, 5.41) is 3.24. The summed E-state index contributed by atoms with van der Waals surface area (Å²) in [4.78, 5) is 4.73. The molecule has 4 heteroatoms. The Hall–Kier alpha value is -0.160. The van der Waals surface area contributed by atoms with Crippen LogP contribution >= 0.6 is 0 Å². The third kappa shape index (κ3) is 5.80. The molecule has 0 fully saturated rings. The molecule has 0 radical (unpaired) electrons. The van der Waals surface area contributed by atoms with Crippen LogP contribution in [-0.2, 0) is 4.74 Å². The molecule has 0 aromatic heterocycles. The first-order chi connectivity index (χ1) is 7.56. The van der Waals surface area contributed by atoms with Crippen LogP contribution in [-0.4, -0.2) is 76.4 Å². The van der Waals surface area contributed by atoms with E-state index in [0.29, 0.717) is 12.1 Å². The molecule has 0 heterocycles. The molecule has 0 aromatic rings. The molecule has 0 saturated carbocycles. The van der Waals surface area contributed by atoms with Crippen molar-refractivity contribution in [3.63, 3.8) is 0 Å². The highest BCUT2D eigenvalue weighted by atomic mass is 16.5. The molecule has 0 spiro atoms. The number of nitrogens with one attached hydrogen (secondary N) is 1. The van der Waals surface area contributed by atoms with E-state index in [4.69, 9.17) is 4.74 Å². The topological polar surface area (TPSA) is 27.7 Å². The number of methoxy groups -OCH3 is 1. The van der Waals surface area contributed by atoms with Crippen LogP contribution in [0.5, 0.6) is 0 Å². The van der Waals surface area contributed by atoms with Gasteiger partial charge in [-0.3, -0.25) is 4.90 Å². The maximum atomic E-state index is 5.30. The fraction of sp³-hybridized carbons (Fsp3) is 1.00. The van der Waals surface area contributed by atoms with Gasteiger partial charge >= 0.3 is 0 Å². The number of ether oxygens (including phenoxy) is 1. The van der Waals surface area contributed by atoms with Gasteiger partial charge in [-0.1, -0.05) is 6.92 Å². The molecule has 0 amide bonds. The molecule has 98 valence electrons. The lowest BCUT2D eigenvalue weighted by molar-refractivity contribution is 0.0611. The highest BCUT2D eigenvalue weighted by Gasteiger charge is 2.21. The predicted molar refractivity (Wildman–Crippen MR) is 70.0 cm³/mol. The monoisotopic (exact) mass is 231 g/mol. The van der Waals surface area contributed by atoms with Crippen LogP contribution < -0.4 is 5.32 Å². The normalized spacial score (nSPS) is 15.8. The van der Waals surface area contributed by atoms with Gasteiger partial charge in [0.15, 0.2) is 0 Å². The largest absolute Gasteiger partial charge is 0.383 e. The zero-order valence-electron chi connectivity index (χ0n) is 11.8. The Morgan fingerprint density at radius 2 is 1.94 bits per heavy atom. The maximum absolute atomic E-state index is 5.30. The number of rotatable bonds is 9. The molecule has 0 bridgehead atoms. The molecule has 16 heavy (non-hydrogen) atoms. The summed E-state index contributed by atoms with van der Waals surface area (Å²) in [6.45, 7) is 8.39. The van der Waals surface area contributed by atoms with Gasteiger partial charge in [0.25, 0.3) is 0 Å². The number of nitrogens with zero attached hydrogens (tertiary/aromatic N) is 2. The van der Waals surface area contributed by atoms with Crippen LogP contribution in [0, 0.1) is 0 Å². The van der Waals surface area contributed by atoms with Crippen molar-refractivity contribution in [3.05, 3.63) is 0 Å². The average Bonchev–Trinajstić information content (AvgIpc) is 2.18. The van der Waals surface area contributed by atoms with E-state index in [-0.39, 0.29) is 0 Å². The lowest BCUT2D eigenvalue weighted by Crippen LogP contribution is -2.51. The third-order valence-electron chi connectivity index (χ3n) is 2.83. The van der Waals surface area contributed by atoms with Crippen LogP contribution in [0.1, 0.15) is 13.8 Å². The zero-order valence-corrected chi connectivity index (χ0v) is 11.8. The second kappa shape index (κ2) is 8.93. The summed E-state index contributed by atoms with van der Waals surface area (Å²) in [6, 6.07) is 1.00. The summed E-state index contributed by atoms with van der Waals surface area (Å²) in [7, 11) is 8.00. The fourth-order valence-corrected chi connectivity index (χ4v) is 2.26. The summed E-state index contributed by atoms with van der Waals surface area (Å²) < 4.78 is 5.30. The van der Waals surface area contributed by atoms with Crippen LogP contribution in [0.2, 0.25) is 0 Å². The molecule has 2 unspecified atom stereocenters. The first-order valence-electron chi connectivity index (χ1n) is 6.10. The van der Waals surface area contributed by atoms with Gasteiger partial charge < -0.3 is 15.0 Å². The van der Waals surface area contributed by atoms with Crippen molar-refractivity contribution in [2.24, 2.45) is 0 Å². The minimum absolute atomic E-state index is 0.454. The number of likely N-dealkylation sites (N-methyl/N-ethyl adjacent to an activating group) is 3. The molecular formula is C12H29N3O. The first kappa shape index (κ1) is 15.8. The van der Waals surface area contributed by atoms with E-state index in [1.165, 1.54) is 0 Å². The van der Waals surface area contributed by atoms with Gasteiger partial charge in [0.2, 0.25) is 0 Å². The average molecular weight is 231 g/mol. The van der Waals surface area contributed by atoms with Gasteiger partial charge in [0.1, 0.15) is 0 Å². The van der Waals surface area contributed by atoms with Crippen molar-refractivity contribution >= 4 is 0 Å². The van der Waals surface area contributed by atoms with Gasteiger partial charge in [-0.15, -0.1) is 0 Å². The van der Waals surface area contributed by atoms with Crippen LogP contribution in [0.4, 0.5) is 0 Å². The fourth-order valence-electron chi connectivity index (χ4n) is 2.26. The highest BCUT2D eigenvalue weighted by molar-refractivity contribution is 4.78. The summed E-state index contributed by atoms with van der Waals surface area (Å²) in [6.07, 6.45) is 0. The van der Waals surface area contributed by atoms with Crippen LogP contribution in [0.3, 0.4) is 0 Å². The summed E-state index contributed by atoms with van der Waals surface area (Å²) >= 11 is 0. The molecular weight excluding hydrogens is 202 g/mol. The van der Waals surface area contributed by atoms with E-state index in [0.717, 1.165) is 26.2 Å². The van der Waals surface area contributed by atoms with Gasteiger partial charge in [0, 0.05) is 32.3 Å². The van der Waals surface area contributed by atoms with Crippen molar-refractivity contribution in [3.8, 4) is 0 Å². The summed E-state index contributed by atoms with van der Waals surface area (Å²) in [5.74, 6) is 0. The molecule has 0 saturated heterocycles. The molecule has 0 aliphatic heterocycles. The maximum Gasteiger partial charge on any atom is 0.0630 e. The second-order valence-corrected chi connectivity index (χ2v) is 4.61. The van der Waals surface area contributed by atoms with Crippen molar-refractivity contribution in [2.45, 2.75) is 25.9 Å². The Kier molecular flexibility index (Phi) is 8.84. The predicted octanol–water partition coefficient (Wildman–Crippen LogP) is 0.493. The van der Waals surface area contributed by atoms with E-state index in [2.05, 4.69) is 43.1 Å². The quantitative estimate of drug-likeness (QED) is 0.625. The van der Waals surface area contributed by atoms with Gasteiger partial charge in [-0.25, -0.2) is 0 Å². The number of hydrogen-bond donors (Lipinski definition) is 1. The number of hydrogen-bond acceptors (Lipinski definition) is 4. The van der Waals surface area contributed by atoms with Gasteiger partial charge in [-0.2, -0.15) is 0 Å². The van der Waals surface area contributed by atoms with E-state index in [1.807, 2.05) is 7.05 Å². The highest BCUT2D eigenvalue weighted by Crippen LogP contribution is 2.06. The Bertz CT molecular complexity index is 158. The zero-order chi connectivity index (χ0) is 12.6. The standard InChI is InChI=1S/C12H29N3O/c1-7-15(11(2)9-14(4)5)12(8-13-3)10-16-6/h11-13H,7-10H2,1-6H3. The molecule has 0 rings (SSSR count). The van der Waals surface area contributed by atoms with Crippen molar-refractivity contribution < 1.29 is 4.74 Å². The molecule has 0 aliphatic rings. The Labute approximate surface area is 101 Å². The molecule has 1 N–H and O–H groups in total. The minimum atomic E-state index is 0.454. The second-order valence-electron chi connectivity index (χ2n) is 4.61. The van der Waals surface area contributed by atoms with E-state index in [1.54, 1.807) is 7.11 Å². The minimum Gasteiger partial charge on any atom is -0.383 e. The molecule has 4 nitrogen and oxygen atoms in total. The van der Waals surface area contributed by atoms with Gasteiger partial charge in [-0.05, 0) is 34.6 Å². The molecule has 0 aliphatic carbocycles. The van der Waals surface area contributed by atoms with E-state index in [9.17, 15) is 0 Å².